The second-order valence-corrected chi connectivity index (χ2v) is 5.96. The molecule has 0 atom stereocenters. The molecule has 1 aliphatic heterocycles. The monoisotopic (exact) mass is 340 g/mol. The van der Waals surface area contributed by atoms with Gasteiger partial charge in [0.15, 0.2) is 5.65 Å². The van der Waals surface area contributed by atoms with Crippen molar-refractivity contribution in [2.75, 3.05) is 31.1 Å². The summed E-state index contributed by atoms with van der Waals surface area (Å²) in [5.74, 6) is 0.0610. The first-order chi connectivity index (χ1) is 12.1. The minimum Gasteiger partial charge on any atom is -0.352 e. The highest BCUT2D eigenvalue weighted by atomic mass is 19.1. The average molecular weight is 340 g/mol. The number of rotatable bonds is 2. The van der Waals surface area contributed by atoms with E-state index in [9.17, 15) is 9.18 Å². The molecule has 0 spiro atoms. The van der Waals surface area contributed by atoms with Gasteiger partial charge in [0.05, 0.1) is 17.1 Å². The van der Waals surface area contributed by atoms with Gasteiger partial charge in [0, 0.05) is 33.2 Å². The quantitative estimate of drug-likeness (QED) is 0.707. The van der Waals surface area contributed by atoms with Crippen molar-refractivity contribution in [3.05, 3.63) is 48.2 Å². The van der Waals surface area contributed by atoms with Crippen LogP contribution >= 0.6 is 0 Å². The standard InChI is InChI=1S/C17H17FN6O/c1-22-15-13(10-21-22)16(20-11-19-15)23-6-8-24(9-7-23)17(25)12-4-2-3-5-14(12)18/h2-5,10-11H,6-9H2,1H3. The Kier molecular flexibility index (Phi) is 3.79. The molecule has 7 nitrogen and oxygen atoms in total. The molecule has 25 heavy (non-hydrogen) atoms. The fourth-order valence-electron chi connectivity index (χ4n) is 3.13. The highest BCUT2D eigenvalue weighted by Crippen LogP contribution is 2.23. The number of carbonyl (C=O) groups is 1. The zero-order valence-electron chi connectivity index (χ0n) is 13.8. The maximum absolute atomic E-state index is 13.8. The van der Waals surface area contributed by atoms with Crippen molar-refractivity contribution in [3.8, 4) is 0 Å². The summed E-state index contributed by atoms with van der Waals surface area (Å²) >= 11 is 0. The van der Waals surface area contributed by atoms with Gasteiger partial charge in [-0.15, -0.1) is 0 Å². The molecule has 8 heteroatoms. The van der Waals surface area contributed by atoms with Crippen molar-refractivity contribution in [3.63, 3.8) is 0 Å². The predicted octanol–water partition coefficient (Wildman–Crippen LogP) is 1.46. The van der Waals surface area contributed by atoms with Gasteiger partial charge in [-0.05, 0) is 12.1 Å². The lowest BCUT2D eigenvalue weighted by Gasteiger charge is -2.35. The van der Waals surface area contributed by atoms with Gasteiger partial charge in [0.2, 0.25) is 0 Å². The van der Waals surface area contributed by atoms with Crippen LogP contribution in [0.5, 0.6) is 0 Å². The molecule has 1 amide bonds. The molecule has 3 aromatic rings. The smallest absolute Gasteiger partial charge is 0.256 e. The summed E-state index contributed by atoms with van der Waals surface area (Å²) in [6, 6.07) is 6.09. The molecule has 0 bridgehead atoms. The van der Waals surface area contributed by atoms with E-state index in [1.54, 1.807) is 27.9 Å². The minimum absolute atomic E-state index is 0.118. The number of hydrogen-bond acceptors (Lipinski definition) is 5. The van der Waals surface area contributed by atoms with E-state index < -0.39 is 5.82 Å². The number of nitrogens with zero attached hydrogens (tertiary/aromatic N) is 6. The van der Waals surface area contributed by atoms with Gasteiger partial charge in [-0.25, -0.2) is 14.4 Å². The summed E-state index contributed by atoms with van der Waals surface area (Å²) in [4.78, 5) is 24.9. The van der Waals surface area contributed by atoms with Crippen LogP contribution in [-0.4, -0.2) is 56.7 Å². The number of aromatic nitrogens is 4. The van der Waals surface area contributed by atoms with Crippen molar-refractivity contribution in [1.29, 1.82) is 0 Å². The van der Waals surface area contributed by atoms with E-state index >= 15 is 0 Å². The van der Waals surface area contributed by atoms with E-state index in [1.165, 1.54) is 18.5 Å². The summed E-state index contributed by atoms with van der Waals surface area (Å²) in [5.41, 5.74) is 0.891. The zero-order chi connectivity index (χ0) is 17.4. The number of amides is 1. The van der Waals surface area contributed by atoms with E-state index in [0.29, 0.717) is 26.2 Å². The van der Waals surface area contributed by atoms with E-state index in [0.717, 1.165) is 16.9 Å². The molecule has 0 unspecified atom stereocenters. The normalized spacial score (nSPS) is 15.0. The fraction of sp³-hybridized carbons (Fsp3) is 0.294. The van der Waals surface area contributed by atoms with E-state index in [-0.39, 0.29) is 11.5 Å². The molecule has 128 valence electrons. The van der Waals surface area contributed by atoms with Gasteiger partial charge in [0.25, 0.3) is 5.91 Å². The number of halogens is 1. The first-order valence-electron chi connectivity index (χ1n) is 8.06. The number of carbonyl (C=O) groups excluding carboxylic acids is 1. The van der Waals surface area contributed by atoms with Crippen LogP contribution in [0.25, 0.3) is 11.0 Å². The van der Waals surface area contributed by atoms with Crippen LogP contribution in [0.3, 0.4) is 0 Å². The number of benzene rings is 1. The molecular formula is C17H17FN6O. The molecule has 4 rings (SSSR count). The summed E-state index contributed by atoms with van der Waals surface area (Å²) in [6.45, 7) is 2.28. The number of hydrogen-bond donors (Lipinski definition) is 0. The Morgan fingerprint density at radius 3 is 2.64 bits per heavy atom. The van der Waals surface area contributed by atoms with Crippen LogP contribution in [0, 0.1) is 5.82 Å². The first kappa shape index (κ1) is 15.5. The van der Waals surface area contributed by atoms with Crippen molar-refractivity contribution in [2.24, 2.45) is 7.05 Å². The van der Waals surface area contributed by atoms with Crippen LogP contribution in [-0.2, 0) is 7.05 Å². The Bertz CT molecular complexity index is 932. The summed E-state index contributed by atoms with van der Waals surface area (Å²) in [5, 5.41) is 5.11. The first-order valence-corrected chi connectivity index (χ1v) is 8.06. The molecule has 3 heterocycles. The van der Waals surface area contributed by atoms with Crippen LogP contribution in [0.1, 0.15) is 10.4 Å². The van der Waals surface area contributed by atoms with Gasteiger partial charge in [-0.2, -0.15) is 5.10 Å². The highest BCUT2D eigenvalue weighted by molar-refractivity contribution is 5.94. The molecule has 0 aliphatic carbocycles. The lowest BCUT2D eigenvalue weighted by molar-refractivity contribution is 0.0742. The maximum atomic E-state index is 13.8. The Balaban J connectivity index is 1.51. The molecule has 1 aromatic carbocycles. The van der Waals surface area contributed by atoms with E-state index in [1.807, 2.05) is 7.05 Å². The third kappa shape index (κ3) is 2.69. The van der Waals surface area contributed by atoms with Gasteiger partial charge >= 0.3 is 0 Å². The molecular weight excluding hydrogens is 323 g/mol. The molecule has 0 radical (unpaired) electrons. The fourth-order valence-corrected chi connectivity index (χ4v) is 3.13. The third-order valence-electron chi connectivity index (χ3n) is 4.48. The van der Waals surface area contributed by atoms with Crippen LogP contribution < -0.4 is 4.90 Å². The SMILES string of the molecule is Cn1ncc2c(N3CCN(C(=O)c4ccccc4F)CC3)ncnc21. The lowest BCUT2D eigenvalue weighted by atomic mass is 10.1. The van der Waals surface area contributed by atoms with Gasteiger partial charge in [0.1, 0.15) is 18.0 Å². The zero-order valence-corrected chi connectivity index (χ0v) is 13.8. The average Bonchev–Trinajstić information content (AvgIpc) is 3.03. The minimum atomic E-state index is -0.484. The number of aryl methyl sites for hydroxylation is 1. The number of fused-ring (bicyclic) bond motifs is 1. The van der Waals surface area contributed by atoms with E-state index in [4.69, 9.17) is 0 Å². The van der Waals surface area contributed by atoms with Crippen molar-refractivity contribution in [1.82, 2.24) is 24.6 Å². The molecule has 2 aromatic heterocycles. The molecule has 0 saturated carbocycles. The van der Waals surface area contributed by atoms with Crippen LogP contribution in [0.4, 0.5) is 10.2 Å². The Labute approximate surface area is 143 Å². The second kappa shape index (κ2) is 6.12. The van der Waals surface area contributed by atoms with Gasteiger partial charge in [-0.1, -0.05) is 12.1 Å². The van der Waals surface area contributed by atoms with Crippen LogP contribution in [0.2, 0.25) is 0 Å². The van der Waals surface area contributed by atoms with Gasteiger partial charge in [-0.3, -0.25) is 9.48 Å². The molecule has 1 aliphatic rings. The summed E-state index contributed by atoms with van der Waals surface area (Å²) in [7, 11) is 1.84. The third-order valence-corrected chi connectivity index (χ3v) is 4.48. The predicted molar refractivity (Wildman–Crippen MR) is 90.8 cm³/mol. The summed E-state index contributed by atoms with van der Waals surface area (Å²) < 4.78 is 15.5. The molecule has 1 saturated heterocycles. The second-order valence-electron chi connectivity index (χ2n) is 5.96. The van der Waals surface area contributed by atoms with E-state index in [2.05, 4.69) is 20.0 Å². The van der Waals surface area contributed by atoms with Crippen molar-refractivity contribution >= 4 is 22.8 Å². The Morgan fingerprint density at radius 2 is 1.88 bits per heavy atom. The van der Waals surface area contributed by atoms with Crippen LogP contribution in [0.15, 0.2) is 36.8 Å². The largest absolute Gasteiger partial charge is 0.352 e. The maximum Gasteiger partial charge on any atom is 0.256 e. The van der Waals surface area contributed by atoms with Gasteiger partial charge < -0.3 is 9.80 Å². The molecule has 1 fully saturated rings. The topological polar surface area (TPSA) is 67.2 Å². The number of anilines is 1. The summed E-state index contributed by atoms with van der Waals surface area (Å²) in [6.07, 6.45) is 3.28. The highest BCUT2D eigenvalue weighted by Gasteiger charge is 2.25. The van der Waals surface area contributed by atoms with Crippen molar-refractivity contribution in [2.45, 2.75) is 0 Å². The lowest BCUT2D eigenvalue weighted by Crippen LogP contribution is -2.49. The Hall–Kier alpha value is -3.03. The molecule has 0 N–H and O–H groups in total. The Morgan fingerprint density at radius 1 is 1.12 bits per heavy atom. The number of piperazine rings is 1. The van der Waals surface area contributed by atoms with Crippen molar-refractivity contribution < 1.29 is 9.18 Å².